The van der Waals surface area contributed by atoms with E-state index in [9.17, 15) is 19.7 Å². The van der Waals surface area contributed by atoms with Gasteiger partial charge in [-0.05, 0) is 36.8 Å². The molecule has 8 nitrogen and oxygen atoms in total. The summed E-state index contributed by atoms with van der Waals surface area (Å²) in [7, 11) is 0. The summed E-state index contributed by atoms with van der Waals surface area (Å²) in [5, 5.41) is 10.9. The van der Waals surface area contributed by atoms with Crippen LogP contribution >= 0.6 is 0 Å². The SMILES string of the molecule is CCOC(=O)c1ccc(/C=C2\N=C(c3cccc([N+](=O)[O-])c3)OC2=O)cc1. The summed E-state index contributed by atoms with van der Waals surface area (Å²) in [5.41, 5.74) is 1.30. The predicted molar refractivity (Wildman–Crippen MR) is 96.1 cm³/mol. The molecule has 0 radical (unpaired) electrons. The van der Waals surface area contributed by atoms with Gasteiger partial charge in [0.25, 0.3) is 5.69 Å². The highest BCUT2D eigenvalue weighted by Gasteiger charge is 2.25. The lowest BCUT2D eigenvalue weighted by atomic mass is 10.1. The largest absolute Gasteiger partial charge is 0.462 e. The Bertz CT molecular complexity index is 976. The second-order valence-corrected chi connectivity index (χ2v) is 5.49. The van der Waals surface area contributed by atoms with Crippen molar-refractivity contribution < 1.29 is 24.0 Å². The van der Waals surface area contributed by atoms with Crippen molar-refractivity contribution in [2.45, 2.75) is 6.92 Å². The lowest BCUT2D eigenvalue weighted by molar-refractivity contribution is -0.384. The van der Waals surface area contributed by atoms with Crippen molar-refractivity contribution in [3.8, 4) is 0 Å². The van der Waals surface area contributed by atoms with E-state index in [1.165, 1.54) is 24.3 Å². The lowest BCUT2D eigenvalue weighted by Gasteiger charge is -2.01. The molecular formula is C19H14N2O6. The molecule has 27 heavy (non-hydrogen) atoms. The molecule has 0 fully saturated rings. The van der Waals surface area contributed by atoms with Gasteiger partial charge in [-0.15, -0.1) is 0 Å². The second-order valence-electron chi connectivity index (χ2n) is 5.49. The first-order chi connectivity index (χ1) is 13.0. The molecule has 0 spiro atoms. The Labute approximate surface area is 153 Å². The van der Waals surface area contributed by atoms with E-state index >= 15 is 0 Å². The van der Waals surface area contributed by atoms with Gasteiger partial charge in [0.2, 0.25) is 5.90 Å². The van der Waals surface area contributed by atoms with Crippen molar-refractivity contribution in [3.05, 3.63) is 81.0 Å². The van der Waals surface area contributed by atoms with Gasteiger partial charge < -0.3 is 9.47 Å². The molecule has 0 atom stereocenters. The zero-order chi connectivity index (χ0) is 19.4. The van der Waals surface area contributed by atoms with Crippen molar-refractivity contribution in [2.24, 2.45) is 4.99 Å². The number of nitro benzene ring substituents is 1. The highest BCUT2D eigenvalue weighted by Crippen LogP contribution is 2.21. The molecule has 3 rings (SSSR count). The Kier molecular flexibility index (Phi) is 5.07. The summed E-state index contributed by atoms with van der Waals surface area (Å²) >= 11 is 0. The van der Waals surface area contributed by atoms with Gasteiger partial charge in [0.15, 0.2) is 5.70 Å². The molecule has 0 unspecified atom stereocenters. The number of hydrogen-bond acceptors (Lipinski definition) is 7. The van der Waals surface area contributed by atoms with Gasteiger partial charge in [0.05, 0.1) is 17.1 Å². The summed E-state index contributed by atoms with van der Waals surface area (Å²) < 4.78 is 10.0. The monoisotopic (exact) mass is 366 g/mol. The van der Waals surface area contributed by atoms with Crippen LogP contribution in [0.5, 0.6) is 0 Å². The van der Waals surface area contributed by atoms with Crippen LogP contribution in [0.1, 0.15) is 28.4 Å². The molecule has 0 aromatic heterocycles. The highest BCUT2D eigenvalue weighted by atomic mass is 16.6. The average molecular weight is 366 g/mol. The Morgan fingerprint density at radius 1 is 1.26 bits per heavy atom. The molecule has 0 amide bonds. The van der Waals surface area contributed by atoms with Crippen LogP contribution in [0.15, 0.2) is 59.2 Å². The summed E-state index contributed by atoms with van der Waals surface area (Å²) in [4.78, 5) is 38.1. The number of benzene rings is 2. The standard InChI is InChI=1S/C19H14N2O6/c1-2-26-18(22)13-8-6-12(7-9-13)10-16-19(23)27-17(20-16)14-4-3-5-15(11-14)21(24)25/h3-11H,2H2,1H3/b16-10-. The molecule has 1 heterocycles. The quantitative estimate of drug-likeness (QED) is 0.348. The first-order valence-electron chi connectivity index (χ1n) is 8.02. The summed E-state index contributed by atoms with van der Waals surface area (Å²) in [6.45, 7) is 2.00. The third kappa shape index (κ3) is 4.06. The van der Waals surface area contributed by atoms with E-state index in [0.717, 1.165) is 0 Å². The molecule has 1 aliphatic heterocycles. The van der Waals surface area contributed by atoms with Gasteiger partial charge in [-0.3, -0.25) is 10.1 Å². The number of carbonyl (C=O) groups is 2. The Hall–Kier alpha value is -3.81. The minimum Gasteiger partial charge on any atom is -0.462 e. The van der Waals surface area contributed by atoms with Crippen molar-refractivity contribution >= 4 is 29.6 Å². The van der Waals surface area contributed by atoms with E-state index in [0.29, 0.717) is 16.7 Å². The molecular weight excluding hydrogens is 352 g/mol. The molecule has 0 bridgehead atoms. The maximum Gasteiger partial charge on any atom is 0.363 e. The molecule has 0 saturated carbocycles. The molecule has 8 heteroatoms. The van der Waals surface area contributed by atoms with E-state index in [1.807, 2.05) is 0 Å². The number of non-ortho nitro benzene ring substituents is 1. The summed E-state index contributed by atoms with van der Waals surface area (Å²) in [5.74, 6) is -1.09. The van der Waals surface area contributed by atoms with Gasteiger partial charge >= 0.3 is 11.9 Å². The Morgan fingerprint density at radius 3 is 2.67 bits per heavy atom. The first kappa shape index (κ1) is 18.0. The number of esters is 2. The number of rotatable bonds is 5. The lowest BCUT2D eigenvalue weighted by Crippen LogP contribution is -2.05. The van der Waals surface area contributed by atoms with Crippen LogP contribution in [0.25, 0.3) is 6.08 Å². The smallest absolute Gasteiger partial charge is 0.363 e. The van der Waals surface area contributed by atoms with Gasteiger partial charge in [-0.25, -0.2) is 14.6 Å². The van der Waals surface area contributed by atoms with Crippen LogP contribution in [-0.2, 0) is 14.3 Å². The zero-order valence-electron chi connectivity index (χ0n) is 14.2. The fraction of sp³-hybridized carbons (Fsp3) is 0.105. The van der Waals surface area contributed by atoms with E-state index in [4.69, 9.17) is 9.47 Å². The van der Waals surface area contributed by atoms with Crippen molar-refractivity contribution in [1.82, 2.24) is 0 Å². The molecule has 0 aliphatic carbocycles. The third-order valence-corrected chi connectivity index (χ3v) is 3.65. The topological polar surface area (TPSA) is 108 Å². The van der Waals surface area contributed by atoms with Gasteiger partial charge in [-0.2, -0.15) is 0 Å². The number of cyclic esters (lactones) is 1. The van der Waals surface area contributed by atoms with E-state index in [-0.39, 0.29) is 23.9 Å². The van der Waals surface area contributed by atoms with Gasteiger partial charge in [-0.1, -0.05) is 18.2 Å². The van der Waals surface area contributed by atoms with Crippen molar-refractivity contribution in [2.75, 3.05) is 6.61 Å². The zero-order valence-corrected chi connectivity index (χ0v) is 14.2. The summed E-state index contributed by atoms with van der Waals surface area (Å²) in [6, 6.07) is 12.1. The first-order valence-corrected chi connectivity index (χ1v) is 8.02. The van der Waals surface area contributed by atoms with E-state index < -0.39 is 16.9 Å². The molecule has 2 aromatic rings. The van der Waals surface area contributed by atoms with Crippen LogP contribution in [0.3, 0.4) is 0 Å². The second kappa shape index (κ2) is 7.61. The number of ether oxygens (including phenoxy) is 2. The number of aliphatic imine (C=N–C) groups is 1. The molecule has 1 aliphatic rings. The van der Waals surface area contributed by atoms with Crippen LogP contribution in [0.2, 0.25) is 0 Å². The highest BCUT2D eigenvalue weighted by molar-refractivity contribution is 6.13. The van der Waals surface area contributed by atoms with E-state index in [2.05, 4.69) is 4.99 Å². The van der Waals surface area contributed by atoms with Crippen LogP contribution in [-0.4, -0.2) is 29.4 Å². The Morgan fingerprint density at radius 2 is 2.00 bits per heavy atom. The van der Waals surface area contributed by atoms with Crippen LogP contribution in [0, 0.1) is 10.1 Å². The molecule has 2 aromatic carbocycles. The van der Waals surface area contributed by atoms with E-state index in [1.54, 1.807) is 37.3 Å². The third-order valence-electron chi connectivity index (χ3n) is 3.65. The summed E-state index contributed by atoms with van der Waals surface area (Å²) in [6.07, 6.45) is 1.50. The minimum absolute atomic E-state index is 0.00177. The van der Waals surface area contributed by atoms with Crippen molar-refractivity contribution in [1.29, 1.82) is 0 Å². The number of hydrogen-bond donors (Lipinski definition) is 0. The number of nitrogens with zero attached hydrogens (tertiary/aromatic N) is 2. The maximum absolute atomic E-state index is 12.0. The average Bonchev–Trinajstić information content (AvgIpc) is 3.03. The Balaban J connectivity index is 1.84. The van der Waals surface area contributed by atoms with Crippen molar-refractivity contribution in [3.63, 3.8) is 0 Å². The number of carbonyl (C=O) groups excluding carboxylic acids is 2. The van der Waals surface area contributed by atoms with Gasteiger partial charge in [0.1, 0.15) is 0 Å². The normalized spacial score (nSPS) is 14.6. The minimum atomic E-state index is -0.661. The number of nitro groups is 1. The predicted octanol–water partition coefficient (Wildman–Crippen LogP) is 3.12. The molecule has 0 saturated heterocycles. The fourth-order valence-electron chi connectivity index (χ4n) is 2.37. The maximum atomic E-state index is 12.0. The van der Waals surface area contributed by atoms with Gasteiger partial charge in [0, 0.05) is 17.7 Å². The molecule has 136 valence electrons. The molecule has 0 N–H and O–H groups in total. The fourth-order valence-corrected chi connectivity index (χ4v) is 2.37. The van der Waals surface area contributed by atoms with Crippen LogP contribution < -0.4 is 0 Å². The van der Waals surface area contributed by atoms with Crippen LogP contribution in [0.4, 0.5) is 5.69 Å².